The number of nitrogens with two attached hydrogens (primary N) is 1. The molecule has 0 fully saturated rings. The van der Waals surface area contributed by atoms with Crippen molar-refractivity contribution in [3.8, 4) is 0 Å². The molecule has 0 aliphatic carbocycles. The van der Waals surface area contributed by atoms with Crippen LogP contribution >= 0.6 is 12.2 Å². The lowest BCUT2D eigenvalue weighted by molar-refractivity contribution is -0.121. The van der Waals surface area contributed by atoms with Crippen molar-refractivity contribution < 1.29 is 4.79 Å². The Balaban J connectivity index is 3.59. The Kier molecular flexibility index (Phi) is 6.49. The summed E-state index contributed by atoms with van der Waals surface area (Å²) in [7, 11) is 0. The van der Waals surface area contributed by atoms with Crippen molar-refractivity contribution in [3.05, 3.63) is 0 Å². The fourth-order valence-electron chi connectivity index (χ4n) is 1.04. The quantitative estimate of drug-likeness (QED) is 0.639. The SMILES string of the molecule is CCCCC(=O)NC(C)CC(N)=S. The summed E-state index contributed by atoms with van der Waals surface area (Å²) < 4.78 is 0. The molecule has 0 spiro atoms. The van der Waals surface area contributed by atoms with Gasteiger partial charge in [0.25, 0.3) is 0 Å². The topological polar surface area (TPSA) is 55.1 Å². The predicted octanol–water partition coefficient (Wildman–Crippen LogP) is 1.36. The van der Waals surface area contributed by atoms with Crippen molar-refractivity contribution in [1.82, 2.24) is 5.32 Å². The molecular formula is C9H18N2OS. The van der Waals surface area contributed by atoms with Crippen LogP contribution in [0.2, 0.25) is 0 Å². The van der Waals surface area contributed by atoms with E-state index in [1.165, 1.54) is 0 Å². The number of hydrogen-bond donors (Lipinski definition) is 2. The van der Waals surface area contributed by atoms with Crippen LogP contribution in [0, 0.1) is 0 Å². The maximum absolute atomic E-state index is 11.2. The maximum Gasteiger partial charge on any atom is 0.220 e. The van der Waals surface area contributed by atoms with Gasteiger partial charge in [-0.1, -0.05) is 25.6 Å². The van der Waals surface area contributed by atoms with Crippen molar-refractivity contribution >= 4 is 23.1 Å². The monoisotopic (exact) mass is 202 g/mol. The van der Waals surface area contributed by atoms with E-state index >= 15 is 0 Å². The van der Waals surface area contributed by atoms with E-state index in [1.54, 1.807) is 0 Å². The third-order valence-corrected chi connectivity index (χ3v) is 1.84. The van der Waals surface area contributed by atoms with E-state index in [2.05, 4.69) is 12.2 Å². The largest absolute Gasteiger partial charge is 0.393 e. The molecule has 0 rings (SSSR count). The summed E-state index contributed by atoms with van der Waals surface area (Å²) >= 11 is 4.74. The average Bonchev–Trinajstić information content (AvgIpc) is 1.98. The molecule has 1 atom stereocenters. The molecule has 0 heterocycles. The Labute approximate surface area is 85.1 Å². The van der Waals surface area contributed by atoms with Crippen LogP contribution < -0.4 is 11.1 Å². The standard InChI is InChI=1S/C9H18N2OS/c1-3-4-5-9(12)11-7(2)6-8(10)13/h7H,3-6H2,1-2H3,(H2,10,13)(H,11,12). The molecule has 3 nitrogen and oxygen atoms in total. The summed E-state index contributed by atoms with van der Waals surface area (Å²) in [4.78, 5) is 11.6. The van der Waals surface area contributed by atoms with Gasteiger partial charge in [0.1, 0.15) is 0 Å². The molecule has 0 aliphatic rings. The van der Waals surface area contributed by atoms with Crippen molar-refractivity contribution in [2.45, 2.75) is 45.6 Å². The van der Waals surface area contributed by atoms with Gasteiger partial charge in [0.15, 0.2) is 0 Å². The van der Waals surface area contributed by atoms with Gasteiger partial charge in [-0.25, -0.2) is 0 Å². The summed E-state index contributed by atoms with van der Waals surface area (Å²) in [6.07, 6.45) is 3.15. The zero-order chi connectivity index (χ0) is 10.3. The number of nitrogens with one attached hydrogen (secondary N) is 1. The van der Waals surface area contributed by atoms with Crippen LogP contribution in [0.1, 0.15) is 39.5 Å². The van der Waals surface area contributed by atoms with Gasteiger partial charge >= 0.3 is 0 Å². The average molecular weight is 202 g/mol. The fourth-order valence-corrected chi connectivity index (χ4v) is 1.29. The lowest BCUT2D eigenvalue weighted by Gasteiger charge is -2.12. The minimum atomic E-state index is 0.0573. The first-order chi connectivity index (χ1) is 6.06. The molecule has 0 aromatic heterocycles. The Hall–Kier alpha value is -0.640. The van der Waals surface area contributed by atoms with E-state index in [1.807, 2.05) is 6.92 Å². The summed E-state index contributed by atoms with van der Waals surface area (Å²) in [5.74, 6) is 0.0885. The van der Waals surface area contributed by atoms with Crippen molar-refractivity contribution in [1.29, 1.82) is 0 Å². The third kappa shape index (κ3) is 7.71. The molecule has 0 radical (unpaired) electrons. The molecule has 0 aromatic carbocycles. The smallest absolute Gasteiger partial charge is 0.220 e. The zero-order valence-corrected chi connectivity index (χ0v) is 9.12. The molecular weight excluding hydrogens is 184 g/mol. The second-order valence-corrected chi connectivity index (χ2v) is 3.77. The zero-order valence-electron chi connectivity index (χ0n) is 8.30. The first kappa shape index (κ1) is 12.4. The highest BCUT2D eigenvalue weighted by atomic mass is 32.1. The molecule has 1 unspecified atom stereocenters. The lowest BCUT2D eigenvalue weighted by atomic mass is 10.2. The van der Waals surface area contributed by atoms with Crippen LogP contribution in [0.25, 0.3) is 0 Å². The number of thiocarbonyl (C=S) groups is 1. The molecule has 0 bridgehead atoms. The molecule has 0 aliphatic heterocycles. The highest BCUT2D eigenvalue weighted by molar-refractivity contribution is 7.80. The van der Waals surface area contributed by atoms with Crippen LogP contribution in [-0.2, 0) is 4.79 Å². The molecule has 13 heavy (non-hydrogen) atoms. The number of unbranched alkanes of at least 4 members (excludes halogenated alkanes) is 1. The van der Waals surface area contributed by atoms with Crippen LogP contribution in [0.5, 0.6) is 0 Å². The minimum Gasteiger partial charge on any atom is -0.393 e. The van der Waals surface area contributed by atoms with Gasteiger partial charge in [0, 0.05) is 18.9 Å². The summed E-state index contributed by atoms with van der Waals surface area (Å²) in [5, 5.41) is 2.84. The van der Waals surface area contributed by atoms with E-state index in [0.29, 0.717) is 17.8 Å². The number of hydrogen-bond acceptors (Lipinski definition) is 2. The Morgan fingerprint density at radius 1 is 1.62 bits per heavy atom. The fraction of sp³-hybridized carbons (Fsp3) is 0.778. The Morgan fingerprint density at radius 3 is 2.69 bits per heavy atom. The first-order valence-electron chi connectivity index (χ1n) is 4.64. The number of carbonyl (C=O) groups excluding carboxylic acids is 1. The summed E-state index contributed by atoms with van der Waals surface area (Å²) in [6.45, 7) is 3.97. The van der Waals surface area contributed by atoms with Gasteiger partial charge in [0.05, 0.1) is 4.99 Å². The van der Waals surface area contributed by atoms with Gasteiger partial charge in [-0.2, -0.15) is 0 Å². The predicted molar refractivity (Wildman–Crippen MR) is 58.5 cm³/mol. The van der Waals surface area contributed by atoms with Crippen LogP contribution in [0.3, 0.4) is 0 Å². The van der Waals surface area contributed by atoms with E-state index in [4.69, 9.17) is 18.0 Å². The molecule has 4 heteroatoms. The third-order valence-electron chi connectivity index (χ3n) is 1.67. The molecule has 3 N–H and O–H groups in total. The number of amides is 1. The number of carbonyl (C=O) groups is 1. The van der Waals surface area contributed by atoms with Gasteiger partial charge < -0.3 is 11.1 Å². The molecule has 0 aromatic rings. The van der Waals surface area contributed by atoms with Crippen molar-refractivity contribution in [2.24, 2.45) is 5.73 Å². The summed E-state index contributed by atoms with van der Waals surface area (Å²) in [5.41, 5.74) is 5.35. The Bertz CT molecular complexity index is 182. The molecule has 0 saturated heterocycles. The first-order valence-corrected chi connectivity index (χ1v) is 5.04. The van der Waals surface area contributed by atoms with Crippen LogP contribution in [-0.4, -0.2) is 16.9 Å². The minimum absolute atomic E-state index is 0.0573. The van der Waals surface area contributed by atoms with Crippen molar-refractivity contribution in [3.63, 3.8) is 0 Å². The van der Waals surface area contributed by atoms with E-state index in [0.717, 1.165) is 12.8 Å². The van der Waals surface area contributed by atoms with E-state index in [-0.39, 0.29) is 11.9 Å². The van der Waals surface area contributed by atoms with Crippen LogP contribution in [0.4, 0.5) is 0 Å². The molecule has 76 valence electrons. The number of rotatable bonds is 6. The molecule has 1 amide bonds. The van der Waals surface area contributed by atoms with Crippen molar-refractivity contribution in [2.75, 3.05) is 0 Å². The second-order valence-electron chi connectivity index (χ2n) is 3.24. The van der Waals surface area contributed by atoms with Gasteiger partial charge in [-0.15, -0.1) is 0 Å². The highest BCUT2D eigenvalue weighted by Crippen LogP contribution is 1.96. The van der Waals surface area contributed by atoms with E-state index < -0.39 is 0 Å². The normalized spacial score (nSPS) is 12.2. The van der Waals surface area contributed by atoms with Gasteiger partial charge in [-0.05, 0) is 13.3 Å². The highest BCUT2D eigenvalue weighted by Gasteiger charge is 2.06. The van der Waals surface area contributed by atoms with E-state index in [9.17, 15) is 4.79 Å². The van der Waals surface area contributed by atoms with Gasteiger partial charge in [-0.3, -0.25) is 4.79 Å². The molecule has 0 saturated carbocycles. The Morgan fingerprint density at radius 2 is 2.23 bits per heavy atom. The lowest BCUT2D eigenvalue weighted by Crippen LogP contribution is -2.35. The van der Waals surface area contributed by atoms with Crippen LogP contribution in [0.15, 0.2) is 0 Å². The summed E-state index contributed by atoms with van der Waals surface area (Å²) in [6, 6.07) is 0.0573. The van der Waals surface area contributed by atoms with Gasteiger partial charge in [0.2, 0.25) is 5.91 Å². The maximum atomic E-state index is 11.2. The second kappa shape index (κ2) is 6.83.